The van der Waals surface area contributed by atoms with E-state index in [1.165, 1.54) is 22.1 Å². The van der Waals surface area contributed by atoms with Crippen LogP contribution in [0.3, 0.4) is 0 Å². The summed E-state index contributed by atoms with van der Waals surface area (Å²) in [6.45, 7) is 0. The highest BCUT2D eigenvalue weighted by molar-refractivity contribution is 6.15. The molecule has 10 aromatic rings. The number of para-hydroxylation sites is 1. The van der Waals surface area contributed by atoms with E-state index in [-0.39, 0.29) is 0 Å². The van der Waals surface area contributed by atoms with E-state index in [1.807, 2.05) is 18.2 Å². The summed E-state index contributed by atoms with van der Waals surface area (Å²) < 4.78 is 6.76. The Hall–Kier alpha value is -7.43. The van der Waals surface area contributed by atoms with E-state index in [9.17, 15) is 0 Å². The third-order valence-corrected chi connectivity index (χ3v) is 11.2. The molecule has 0 bridgehead atoms. The first-order chi connectivity index (χ1) is 28.2. The van der Waals surface area contributed by atoms with Crippen molar-refractivity contribution in [3.63, 3.8) is 0 Å². The minimum Gasteiger partial charge on any atom is -0.455 e. The van der Waals surface area contributed by atoms with Crippen molar-refractivity contribution in [3.05, 3.63) is 200 Å². The number of allylic oxidation sites excluding steroid dienone is 4. The standard InChI is InChI=1S/C53H35N3O/c1-3-12-34(13-4-1)38-18-9-19-42(31-38)45-20-10-21-46-49-47(22-11-23-48(49)57-50(45)46)53-55-51(43-28-24-36-16-7-8-17-37(36)32-43)54-52(56-53)44-29-27-40-30-39(25-26-41(40)33-44)35-14-5-2-6-15-35/h1-12,14-34H,13H2. The summed E-state index contributed by atoms with van der Waals surface area (Å²) >= 11 is 0. The van der Waals surface area contributed by atoms with Crippen LogP contribution in [0, 0.1) is 0 Å². The van der Waals surface area contributed by atoms with Crippen LogP contribution in [-0.2, 0) is 0 Å². The molecule has 4 heteroatoms. The van der Waals surface area contributed by atoms with Crippen LogP contribution in [0.4, 0.5) is 0 Å². The van der Waals surface area contributed by atoms with Gasteiger partial charge in [0.25, 0.3) is 0 Å². The fourth-order valence-corrected chi connectivity index (χ4v) is 8.30. The maximum absolute atomic E-state index is 6.76. The molecule has 57 heavy (non-hydrogen) atoms. The Labute approximate surface area is 330 Å². The SMILES string of the molecule is C1=CCC(c2cccc(-c3cccc4c3oc3cccc(-c5nc(-c6ccc7ccccc7c6)nc(-c6ccc7cc(-c8ccccc8)ccc7c6)n5)c34)c2)C=C1. The fraction of sp³-hybridized carbons (Fsp3) is 0.0377. The van der Waals surface area contributed by atoms with Crippen molar-refractivity contribution in [2.45, 2.75) is 12.3 Å². The first kappa shape index (κ1) is 33.0. The molecule has 1 unspecified atom stereocenters. The van der Waals surface area contributed by atoms with Crippen molar-refractivity contribution in [2.24, 2.45) is 0 Å². The van der Waals surface area contributed by atoms with Crippen molar-refractivity contribution in [3.8, 4) is 56.4 Å². The first-order valence-electron chi connectivity index (χ1n) is 19.4. The molecule has 0 aliphatic heterocycles. The molecular weight excluding hydrogens is 695 g/mol. The van der Waals surface area contributed by atoms with E-state index in [0.29, 0.717) is 23.4 Å². The number of hydrogen-bond donors (Lipinski definition) is 0. The van der Waals surface area contributed by atoms with Gasteiger partial charge in [-0.25, -0.2) is 15.0 Å². The number of rotatable bonds is 6. The van der Waals surface area contributed by atoms with Gasteiger partial charge in [-0.15, -0.1) is 0 Å². The van der Waals surface area contributed by atoms with Gasteiger partial charge in [-0.3, -0.25) is 0 Å². The molecule has 0 fully saturated rings. The minimum atomic E-state index is 0.362. The molecule has 1 aliphatic rings. The molecule has 1 atom stereocenters. The average molecular weight is 730 g/mol. The topological polar surface area (TPSA) is 51.8 Å². The fourth-order valence-electron chi connectivity index (χ4n) is 8.30. The van der Waals surface area contributed by atoms with E-state index < -0.39 is 0 Å². The van der Waals surface area contributed by atoms with Crippen molar-refractivity contribution >= 4 is 43.5 Å². The molecular formula is C53H35N3O. The zero-order valence-corrected chi connectivity index (χ0v) is 31.0. The lowest BCUT2D eigenvalue weighted by molar-refractivity contribution is 0.670. The molecule has 0 N–H and O–H groups in total. The van der Waals surface area contributed by atoms with E-state index >= 15 is 0 Å². The lowest BCUT2D eigenvalue weighted by atomic mass is 9.90. The first-order valence-corrected chi connectivity index (χ1v) is 19.4. The van der Waals surface area contributed by atoms with Crippen molar-refractivity contribution in [2.75, 3.05) is 0 Å². The summed E-state index contributed by atoms with van der Waals surface area (Å²) in [6, 6.07) is 59.8. The number of aromatic nitrogens is 3. The number of nitrogens with zero attached hydrogens (tertiary/aromatic N) is 3. The molecule has 0 radical (unpaired) electrons. The maximum atomic E-state index is 6.76. The van der Waals surface area contributed by atoms with Gasteiger partial charge in [0, 0.05) is 38.9 Å². The molecule has 0 saturated carbocycles. The van der Waals surface area contributed by atoms with Gasteiger partial charge < -0.3 is 4.42 Å². The summed E-state index contributed by atoms with van der Waals surface area (Å²) in [5.74, 6) is 2.20. The molecule has 268 valence electrons. The number of hydrogen-bond acceptors (Lipinski definition) is 4. The lowest BCUT2D eigenvalue weighted by Crippen LogP contribution is -2.00. The van der Waals surface area contributed by atoms with Crippen LogP contribution in [0.25, 0.3) is 99.9 Å². The van der Waals surface area contributed by atoms with Crippen LogP contribution in [0.5, 0.6) is 0 Å². The van der Waals surface area contributed by atoms with Gasteiger partial charge in [-0.05, 0) is 74.5 Å². The third-order valence-electron chi connectivity index (χ3n) is 11.2. The van der Waals surface area contributed by atoms with E-state index in [1.54, 1.807) is 0 Å². The zero-order valence-electron chi connectivity index (χ0n) is 31.0. The molecule has 1 aliphatic carbocycles. The Morgan fingerprint density at radius 3 is 1.86 bits per heavy atom. The van der Waals surface area contributed by atoms with E-state index in [4.69, 9.17) is 19.4 Å². The number of furan rings is 1. The van der Waals surface area contributed by atoms with Crippen LogP contribution < -0.4 is 0 Å². The normalized spacial score (nSPS) is 13.9. The molecule has 11 rings (SSSR count). The van der Waals surface area contributed by atoms with Crippen LogP contribution in [-0.4, -0.2) is 15.0 Å². The molecule has 0 spiro atoms. The summed E-state index contributed by atoms with van der Waals surface area (Å²) in [4.78, 5) is 15.6. The van der Waals surface area contributed by atoms with Crippen LogP contribution in [0.1, 0.15) is 17.9 Å². The van der Waals surface area contributed by atoms with Crippen molar-refractivity contribution in [1.29, 1.82) is 0 Å². The molecule has 2 heterocycles. The van der Waals surface area contributed by atoms with E-state index in [0.717, 1.165) is 72.3 Å². The van der Waals surface area contributed by atoms with Gasteiger partial charge in [0.1, 0.15) is 11.2 Å². The number of fused-ring (bicyclic) bond motifs is 5. The predicted molar refractivity (Wildman–Crippen MR) is 235 cm³/mol. The van der Waals surface area contributed by atoms with E-state index in [2.05, 4.69) is 176 Å². The smallest absolute Gasteiger partial charge is 0.164 e. The monoisotopic (exact) mass is 729 g/mol. The van der Waals surface area contributed by atoms with Gasteiger partial charge in [0.05, 0.1) is 0 Å². The number of benzene rings is 8. The molecule has 0 amide bonds. The van der Waals surface area contributed by atoms with Gasteiger partial charge in [-0.1, -0.05) is 170 Å². The Balaban J connectivity index is 1.07. The minimum absolute atomic E-state index is 0.362. The highest BCUT2D eigenvalue weighted by Gasteiger charge is 2.20. The lowest BCUT2D eigenvalue weighted by Gasteiger charge is -2.14. The average Bonchev–Trinajstić information content (AvgIpc) is 3.68. The maximum Gasteiger partial charge on any atom is 0.164 e. The Morgan fingerprint density at radius 2 is 1.07 bits per heavy atom. The predicted octanol–water partition coefficient (Wildman–Crippen LogP) is 14.0. The Bertz CT molecular complexity index is 3230. The van der Waals surface area contributed by atoms with Crippen LogP contribution in [0.15, 0.2) is 199 Å². The molecule has 0 saturated heterocycles. The summed E-state index contributed by atoms with van der Waals surface area (Å²) in [5, 5.41) is 6.60. The summed E-state index contributed by atoms with van der Waals surface area (Å²) in [6.07, 6.45) is 9.78. The second-order valence-corrected chi connectivity index (χ2v) is 14.8. The summed E-state index contributed by atoms with van der Waals surface area (Å²) in [5.41, 5.74) is 10.3. The van der Waals surface area contributed by atoms with Crippen molar-refractivity contribution in [1.82, 2.24) is 15.0 Å². The van der Waals surface area contributed by atoms with Crippen LogP contribution >= 0.6 is 0 Å². The largest absolute Gasteiger partial charge is 0.455 e. The highest BCUT2D eigenvalue weighted by Crippen LogP contribution is 2.41. The van der Waals surface area contributed by atoms with Gasteiger partial charge >= 0.3 is 0 Å². The molecule has 4 nitrogen and oxygen atoms in total. The highest BCUT2D eigenvalue weighted by atomic mass is 16.3. The second-order valence-electron chi connectivity index (χ2n) is 14.8. The zero-order chi connectivity index (χ0) is 37.7. The molecule has 2 aromatic heterocycles. The Morgan fingerprint density at radius 1 is 0.439 bits per heavy atom. The third kappa shape index (κ3) is 5.99. The summed E-state index contributed by atoms with van der Waals surface area (Å²) in [7, 11) is 0. The van der Waals surface area contributed by atoms with Gasteiger partial charge in [0.2, 0.25) is 0 Å². The Kier molecular flexibility index (Phi) is 7.92. The van der Waals surface area contributed by atoms with Crippen molar-refractivity contribution < 1.29 is 4.42 Å². The quantitative estimate of drug-likeness (QED) is 0.171. The second kappa shape index (κ2) is 13.7. The van der Waals surface area contributed by atoms with Gasteiger partial charge in [-0.2, -0.15) is 0 Å². The van der Waals surface area contributed by atoms with Gasteiger partial charge in [0.15, 0.2) is 17.5 Å². The van der Waals surface area contributed by atoms with Crippen LogP contribution in [0.2, 0.25) is 0 Å². The molecule has 8 aromatic carbocycles.